The number of carbonyl (C=O) groups excluding carboxylic acids is 2. The van der Waals surface area contributed by atoms with Gasteiger partial charge in [-0.1, -0.05) is 86.1 Å². The molecule has 0 spiro atoms. The highest BCUT2D eigenvalue weighted by molar-refractivity contribution is 7.99. The van der Waals surface area contributed by atoms with Crippen LogP contribution in [0.3, 0.4) is 0 Å². The zero-order valence-electron chi connectivity index (χ0n) is 20.6. The van der Waals surface area contributed by atoms with Crippen molar-refractivity contribution in [3.8, 4) is 0 Å². The summed E-state index contributed by atoms with van der Waals surface area (Å²) in [6.07, 6.45) is 0.340. The van der Waals surface area contributed by atoms with E-state index in [4.69, 9.17) is 11.6 Å². The molecule has 0 unspecified atom stereocenters. The molecule has 0 aromatic heterocycles. The van der Waals surface area contributed by atoms with Crippen molar-refractivity contribution in [2.24, 2.45) is 5.92 Å². The molecule has 3 rings (SSSR count). The predicted molar refractivity (Wildman–Crippen MR) is 146 cm³/mol. The number of halogens is 2. The molecule has 0 fully saturated rings. The van der Waals surface area contributed by atoms with E-state index in [0.29, 0.717) is 29.3 Å². The Labute approximate surface area is 222 Å². The fourth-order valence-corrected chi connectivity index (χ4v) is 4.70. The molecule has 7 heteroatoms. The molecule has 4 nitrogen and oxygen atoms in total. The maximum atomic E-state index is 14.6. The second-order valence-corrected chi connectivity index (χ2v) is 10.5. The second-order valence-electron chi connectivity index (χ2n) is 9.08. The largest absolute Gasteiger partial charge is 0.354 e. The molecule has 0 aliphatic rings. The number of carbonyl (C=O) groups is 2. The van der Waals surface area contributed by atoms with E-state index in [1.54, 1.807) is 18.2 Å². The lowest BCUT2D eigenvalue weighted by Crippen LogP contribution is -2.51. The van der Waals surface area contributed by atoms with Gasteiger partial charge in [0.25, 0.3) is 0 Å². The number of amides is 2. The Bertz CT molecular complexity index is 1130. The predicted octanol–water partition coefficient (Wildman–Crippen LogP) is 6.12. The summed E-state index contributed by atoms with van der Waals surface area (Å²) in [5, 5.41) is 3.64. The lowest BCUT2D eigenvalue weighted by molar-refractivity contribution is -0.139. The molecular formula is C29H32ClFN2O2S. The molecule has 0 saturated carbocycles. The van der Waals surface area contributed by atoms with Crippen LogP contribution in [0.15, 0.2) is 78.9 Å². The Kier molecular flexibility index (Phi) is 10.8. The summed E-state index contributed by atoms with van der Waals surface area (Å²) in [4.78, 5) is 28.5. The molecule has 0 aliphatic carbocycles. The van der Waals surface area contributed by atoms with Crippen molar-refractivity contribution in [1.82, 2.24) is 10.2 Å². The fourth-order valence-electron chi connectivity index (χ4n) is 3.71. The van der Waals surface area contributed by atoms with E-state index in [9.17, 15) is 14.0 Å². The van der Waals surface area contributed by atoms with Crippen LogP contribution in [0, 0.1) is 11.7 Å². The van der Waals surface area contributed by atoms with Crippen molar-refractivity contribution in [2.45, 2.75) is 38.6 Å². The molecular weight excluding hydrogens is 495 g/mol. The summed E-state index contributed by atoms with van der Waals surface area (Å²) in [7, 11) is 0. The average molecular weight is 527 g/mol. The van der Waals surface area contributed by atoms with E-state index in [1.165, 1.54) is 22.7 Å². The first-order valence-corrected chi connectivity index (χ1v) is 13.5. The van der Waals surface area contributed by atoms with Crippen LogP contribution in [0.2, 0.25) is 5.02 Å². The molecule has 3 aromatic rings. The van der Waals surface area contributed by atoms with Crippen LogP contribution in [0.25, 0.3) is 0 Å². The quantitative estimate of drug-likeness (QED) is 0.309. The maximum absolute atomic E-state index is 14.6. The van der Waals surface area contributed by atoms with Gasteiger partial charge in [0.05, 0.1) is 5.75 Å². The molecule has 190 valence electrons. The van der Waals surface area contributed by atoms with Gasteiger partial charge in [-0.3, -0.25) is 9.59 Å². The maximum Gasteiger partial charge on any atom is 0.243 e. The van der Waals surface area contributed by atoms with Gasteiger partial charge in [0.1, 0.15) is 11.9 Å². The number of thioether (sulfide) groups is 1. The summed E-state index contributed by atoms with van der Waals surface area (Å²) in [5.41, 5.74) is 2.36. The highest BCUT2D eigenvalue weighted by Gasteiger charge is 2.30. The summed E-state index contributed by atoms with van der Waals surface area (Å²) in [5.74, 6) is 0.207. The summed E-state index contributed by atoms with van der Waals surface area (Å²) < 4.78 is 14.6. The standard InChI is InChI=1S/C29H32ClFN2O2S/c1-21(2)17-32-29(35)27(16-22-8-4-3-5-9-22)33(18-24-10-6-7-11-26(24)31)28(34)20-36-19-23-12-14-25(30)15-13-23/h3-15,21,27H,16-20H2,1-2H3,(H,32,35)/t27-/m0/s1. The second kappa shape index (κ2) is 14.0. The number of nitrogens with zero attached hydrogens (tertiary/aromatic N) is 1. The first-order chi connectivity index (χ1) is 17.3. The minimum Gasteiger partial charge on any atom is -0.354 e. The fraction of sp³-hybridized carbons (Fsp3) is 0.310. The third kappa shape index (κ3) is 8.68. The van der Waals surface area contributed by atoms with Gasteiger partial charge in [-0.2, -0.15) is 0 Å². The lowest BCUT2D eigenvalue weighted by atomic mass is 10.0. The number of benzene rings is 3. The minimum atomic E-state index is -0.769. The smallest absolute Gasteiger partial charge is 0.243 e. The Morgan fingerprint density at radius 1 is 0.944 bits per heavy atom. The average Bonchev–Trinajstić information content (AvgIpc) is 2.87. The molecule has 0 saturated heterocycles. The Balaban J connectivity index is 1.84. The summed E-state index contributed by atoms with van der Waals surface area (Å²) in [6.45, 7) is 4.54. The van der Waals surface area contributed by atoms with Gasteiger partial charge in [0, 0.05) is 35.8 Å². The van der Waals surface area contributed by atoms with E-state index < -0.39 is 11.9 Å². The first-order valence-electron chi connectivity index (χ1n) is 12.0. The van der Waals surface area contributed by atoms with Crippen LogP contribution < -0.4 is 5.32 Å². The number of hydrogen-bond acceptors (Lipinski definition) is 3. The number of nitrogens with one attached hydrogen (secondary N) is 1. The lowest BCUT2D eigenvalue weighted by Gasteiger charge is -2.32. The van der Waals surface area contributed by atoms with Crippen LogP contribution in [0.5, 0.6) is 0 Å². The number of hydrogen-bond donors (Lipinski definition) is 1. The van der Waals surface area contributed by atoms with E-state index in [-0.39, 0.29) is 30.0 Å². The molecule has 0 bridgehead atoms. The van der Waals surface area contributed by atoms with E-state index >= 15 is 0 Å². The van der Waals surface area contributed by atoms with Gasteiger partial charge >= 0.3 is 0 Å². The monoisotopic (exact) mass is 526 g/mol. The Morgan fingerprint density at radius 2 is 1.61 bits per heavy atom. The van der Waals surface area contributed by atoms with Gasteiger partial charge in [0.15, 0.2) is 0 Å². The normalized spacial score (nSPS) is 11.8. The minimum absolute atomic E-state index is 0.0135. The van der Waals surface area contributed by atoms with Crippen LogP contribution in [-0.2, 0) is 28.3 Å². The molecule has 0 aliphatic heterocycles. The molecule has 3 aromatic carbocycles. The van der Waals surface area contributed by atoms with E-state index in [2.05, 4.69) is 5.32 Å². The SMILES string of the molecule is CC(C)CNC(=O)[C@H](Cc1ccccc1)N(Cc1ccccc1F)C(=O)CSCc1ccc(Cl)cc1. The van der Waals surface area contributed by atoms with Gasteiger partial charge in [-0.25, -0.2) is 4.39 Å². The van der Waals surface area contributed by atoms with Crippen molar-refractivity contribution < 1.29 is 14.0 Å². The Hall–Kier alpha value is -2.83. The van der Waals surface area contributed by atoms with Gasteiger partial charge < -0.3 is 10.2 Å². The summed E-state index contributed by atoms with van der Waals surface area (Å²) >= 11 is 7.42. The molecule has 0 heterocycles. The van der Waals surface area contributed by atoms with Gasteiger partial charge in [-0.15, -0.1) is 11.8 Å². The van der Waals surface area contributed by atoms with Crippen LogP contribution in [0.1, 0.15) is 30.5 Å². The van der Waals surface area contributed by atoms with Crippen molar-refractivity contribution in [3.63, 3.8) is 0 Å². The number of rotatable bonds is 12. The Morgan fingerprint density at radius 3 is 2.28 bits per heavy atom. The molecule has 1 N–H and O–H groups in total. The van der Waals surface area contributed by atoms with E-state index in [1.807, 2.05) is 68.4 Å². The topological polar surface area (TPSA) is 49.4 Å². The van der Waals surface area contributed by atoms with Crippen molar-refractivity contribution in [2.75, 3.05) is 12.3 Å². The molecule has 0 radical (unpaired) electrons. The highest BCUT2D eigenvalue weighted by Crippen LogP contribution is 2.20. The third-order valence-corrected chi connectivity index (χ3v) is 6.90. The van der Waals surface area contributed by atoms with Gasteiger partial charge in [-0.05, 0) is 35.2 Å². The zero-order valence-corrected chi connectivity index (χ0v) is 22.2. The first kappa shape index (κ1) is 27.8. The highest BCUT2D eigenvalue weighted by atomic mass is 35.5. The molecule has 36 heavy (non-hydrogen) atoms. The van der Waals surface area contributed by atoms with Crippen molar-refractivity contribution in [1.29, 1.82) is 0 Å². The van der Waals surface area contributed by atoms with Crippen LogP contribution in [-0.4, -0.2) is 35.1 Å². The third-order valence-electron chi connectivity index (χ3n) is 5.66. The molecule has 2 amide bonds. The van der Waals surface area contributed by atoms with Crippen molar-refractivity contribution >= 4 is 35.2 Å². The van der Waals surface area contributed by atoms with E-state index in [0.717, 1.165) is 11.1 Å². The zero-order chi connectivity index (χ0) is 25.9. The summed E-state index contributed by atoms with van der Waals surface area (Å²) in [6, 6.07) is 22.7. The van der Waals surface area contributed by atoms with Gasteiger partial charge in [0.2, 0.25) is 11.8 Å². The van der Waals surface area contributed by atoms with Crippen molar-refractivity contribution in [3.05, 3.63) is 106 Å². The van der Waals surface area contributed by atoms with Crippen LogP contribution >= 0.6 is 23.4 Å². The van der Waals surface area contributed by atoms with Crippen LogP contribution in [0.4, 0.5) is 4.39 Å². The molecule has 1 atom stereocenters.